The minimum atomic E-state index is -0.264. The largest absolute Gasteiger partial charge is 0.491 e. The molecule has 4 rings (SSSR count). The Bertz CT molecular complexity index is 1080. The second kappa shape index (κ2) is 8.15. The van der Waals surface area contributed by atoms with Gasteiger partial charge in [0.15, 0.2) is 11.6 Å². The van der Waals surface area contributed by atoms with Crippen molar-refractivity contribution in [3.8, 4) is 27.3 Å². The monoisotopic (exact) mass is 390 g/mol. The van der Waals surface area contributed by atoms with E-state index in [-0.39, 0.29) is 5.82 Å². The van der Waals surface area contributed by atoms with Crippen LogP contribution in [0.1, 0.15) is 25.8 Å². The first-order valence-electron chi connectivity index (χ1n) is 9.74. The van der Waals surface area contributed by atoms with Crippen molar-refractivity contribution in [3.05, 3.63) is 78.1 Å². The summed E-state index contributed by atoms with van der Waals surface area (Å²) in [5.74, 6) is 0.0599. The fraction of sp³-hybridized carbons (Fsp3) is 0.200. The molecule has 1 heterocycles. The summed E-state index contributed by atoms with van der Waals surface area (Å²) in [5, 5.41) is 0.913. The third kappa shape index (κ3) is 3.67. The van der Waals surface area contributed by atoms with Gasteiger partial charge in [-0.3, -0.25) is 0 Å². The topological polar surface area (TPSA) is 9.23 Å². The summed E-state index contributed by atoms with van der Waals surface area (Å²) in [5.41, 5.74) is 4.89. The zero-order valence-corrected chi connectivity index (χ0v) is 17.0. The number of aryl methyl sites for hydroxylation is 1. The molecule has 0 N–H and O–H groups in total. The molecule has 0 saturated carbocycles. The van der Waals surface area contributed by atoms with E-state index in [9.17, 15) is 4.39 Å². The van der Waals surface area contributed by atoms with Crippen molar-refractivity contribution in [3.63, 3.8) is 0 Å². The smallest absolute Gasteiger partial charge is 0.182 e. The molecule has 0 radical (unpaired) electrons. The normalized spacial score (nSPS) is 11.1. The number of benzene rings is 3. The van der Waals surface area contributed by atoms with Crippen LogP contribution < -0.4 is 4.74 Å². The minimum absolute atomic E-state index is 0.264. The lowest BCUT2D eigenvalue weighted by Gasteiger charge is -2.05. The summed E-state index contributed by atoms with van der Waals surface area (Å²) >= 11 is 1.47. The summed E-state index contributed by atoms with van der Waals surface area (Å²) in [7, 11) is 0. The van der Waals surface area contributed by atoms with Gasteiger partial charge in [-0.1, -0.05) is 61.9 Å². The second-order valence-electron chi connectivity index (χ2n) is 6.86. The SMILES string of the molecule is CCCc1ccc(-c2ccc(-c3cc4ccc(OCC)c(F)c4s3)cc2)cc1. The van der Waals surface area contributed by atoms with Crippen LogP contribution >= 0.6 is 11.3 Å². The Morgan fingerprint density at radius 2 is 1.46 bits per heavy atom. The molecule has 3 heteroatoms. The lowest BCUT2D eigenvalue weighted by atomic mass is 10.0. The molecule has 3 aromatic carbocycles. The molecule has 0 unspecified atom stereocenters. The van der Waals surface area contributed by atoms with Crippen LogP contribution in [0.3, 0.4) is 0 Å². The molecule has 0 amide bonds. The van der Waals surface area contributed by atoms with E-state index in [1.165, 1.54) is 28.0 Å². The molecule has 0 spiro atoms. The van der Waals surface area contributed by atoms with E-state index >= 15 is 0 Å². The van der Waals surface area contributed by atoms with Gasteiger partial charge in [0, 0.05) is 4.88 Å². The molecule has 0 aliphatic rings. The third-order valence-electron chi connectivity index (χ3n) is 4.89. The van der Waals surface area contributed by atoms with Gasteiger partial charge in [-0.25, -0.2) is 4.39 Å². The Hall–Kier alpha value is -2.65. The van der Waals surface area contributed by atoms with Gasteiger partial charge in [0.05, 0.1) is 11.3 Å². The van der Waals surface area contributed by atoms with Crippen molar-refractivity contribution in [2.24, 2.45) is 0 Å². The van der Waals surface area contributed by atoms with Crippen molar-refractivity contribution >= 4 is 21.4 Å². The van der Waals surface area contributed by atoms with Crippen LogP contribution in [-0.4, -0.2) is 6.61 Å². The Labute approximate surface area is 169 Å². The maximum Gasteiger partial charge on any atom is 0.182 e. The maximum atomic E-state index is 14.6. The maximum absolute atomic E-state index is 14.6. The molecule has 0 atom stereocenters. The van der Waals surface area contributed by atoms with Gasteiger partial charge < -0.3 is 4.74 Å². The molecule has 0 aliphatic carbocycles. The van der Waals surface area contributed by atoms with Crippen molar-refractivity contribution in [2.75, 3.05) is 6.61 Å². The van der Waals surface area contributed by atoms with Gasteiger partial charge in [-0.05, 0) is 59.2 Å². The predicted molar refractivity (Wildman–Crippen MR) is 118 cm³/mol. The minimum Gasteiger partial charge on any atom is -0.491 e. The lowest BCUT2D eigenvalue weighted by Crippen LogP contribution is -1.93. The number of thiophene rings is 1. The van der Waals surface area contributed by atoms with Crippen LogP contribution in [0.4, 0.5) is 4.39 Å². The van der Waals surface area contributed by atoms with Crippen molar-refractivity contribution < 1.29 is 9.13 Å². The Kier molecular flexibility index (Phi) is 5.45. The summed E-state index contributed by atoms with van der Waals surface area (Å²) in [4.78, 5) is 1.06. The molecule has 1 nitrogen and oxygen atoms in total. The number of fused-ring (bicyclic) bond motifs is 1. The first kappa shape index (κ1) is 18.7. The zero-order valence-electron chi connectivity index (χ0n) is 16.2. The summed E-state index contributed by atoms with van der Waals surface area (Å²) in [6, 6.07) is 23.0. The standard InChI is InChI=1S/C25H23FOS/c1-3-5-17-6-8-18(9-7-17)19-10-12-20(13-11-19)23-16-21-14-15-22(27-4-2)24(26)25(21)28-23/h6-16H,3-5H2,1-2H3. The summed E-state index contributed by atoms with van der Waals surface area (Å²) in [6.07, 6.45) is 2.28. The Balaban J connectivity index is 1.62. The van der Waals surface area contributed by atoms with Crippen LogP contribution in [-0.2, 0) is 6.42 Å². The highest BCUT2D eigenvalue weighted by Crippen LogP contribution is 2.38. The van der Waals surface area contributed by atoms with Crippen LogP contribution in [0.25, 0.3) is 31.7 Å². The number of hydrogen-bond acceptors (Lipinski definition) is 2. The average Bonchev–Trinajstić information content (AvgIpc) is 3.17. The van der Waals surface area contributed by atoms with Gasteiger partial charge in [-0.2, -0.15) is 0 Å². The molecular weight excluding hydrogens is 367 g/mol. The van der Waals surface area contributed by atoms with E-state index in [4.69, 9.17) is 4.74 Å². The van der Waals surface area contributed by atoms with Gasteiger partial charge >= 0.3 is 0 Å². The second-order valence-corrected chi connectivity index (χ2v) is 7.92. The highest BCUT2D eigenvalue weighted by molar-refractivity contribution is 7.22. The molecule has 0 aliphatic heterocycles. The lowest BCUT2D eigenvalue weighted by molar-refractivity contribution is 0.323. The summed E-state index contributed by atoms with van der Waals surface area (Å²) in [6.45, 7) is 4.52. The first-order chi connectivity index (χ1) is 13.7. The zero-order chi connectivity index (χ0) is 19.5. The Morgan fingerprint density at radius 3 is 2.11 bits per heavy atom. The van der Waals surface area contributed by atoms with Crippen molar-refractivity contribution in [1.82, 2.24) is 0 Å². The molecule has 0 bridgehead atoms. The van der Waals surface area contributed by atoms with E-state index < -0.39 is 0 Å². The van der Waals surface area contributed by atoms with Crippen molar-refractivity contribution in [2.45, 2.75) is 26.7 Å². The van der Waals surface area contributed by atoms with Crippen LogP contribution in [0, 0.1) is 5.82 Å². The summed E-state index contributed by atoms with van der Waals surface area (Å²) < 4.78 is 20.7. The van der Waals surface area contributed by atoms with Gasteiger partial charge in [0.2, 0.25) is 0 Å². The predicted octanol–water partition coefficient (Wildman–Crippen LogP) is 7.73. The fourth-order valence-electron chi connectivity index (χ4n) is 3.44. The molecule has 28 heavy (non-hydrogen) atoms. The van der Waals surface area contributed by atoms with Crippen LogP contribution in [0.5, 0.6) is 5.75 Å². The number of hydrogen-bond donors (Lipinski definition) is 0. The molecule has 0 fully saturated rings. The highest BCUT2D eigenvalue weighted by Gasteiger charge is 2.13. The van der Waals surface area contributed by atoms with Gasteiger partial charge in [0.1, 0.15) is 0 Å². The number of halogens is 1. The van der Waals surface area contributed by atoms with Crippen LogP contribution in [0.2, 0.25) is 0 Å². The van der Waals surface area contributed by atoms with Crippen LogP contribution in [0.15, 0.2) is 66.7 Å². The highest BCUT2D eigenvalue weighted by atomic mass is 32.1. The quantitative estimate of drug-likeness (QED) is 0.327. The van der Waals surface area contributed by atoms with E-state index in [2.05, 4.69) is 55.5 Å². The first-order valence-corrected chi connectivity index (χ1v) is 10.6. The molecular formula is C25H23FOS. The van der Waals surface area contributed by atoms with Gasteiger partial charge in [0.25, 0.3) is 0 Å². The van der Waals surface area contributed by atoms with E-state index in [1.54, 1.807) is 6.07 Å². The van der Waals surface area contributed by atoms with E-state index in [0.717, 1.165) is 28.7 Å². The number of rotatable bonds is 6. The number of ether oxygens (including phenoxy) is 1. The van der Waals surface area contributed by atoms with Crippen molar-refractivity contribution in [1.29, 1.82) is 0 Å². The van der Waals surface area contributed by atoms with E-state index in [0.29, 0.717) is 17.1 Å². The molecule has 0 saturated heterocycles. The van der Waals surface area contributed by atoms with Gasteiger partial charge in [-0.15, -0.1) is 11.3 Å². The fourth-order valence-corrected chi connectivity index (χ4v) is 4.53. The van der Waals surface area contributed by atoms with E-state index in [1.807, 2.05) is 19.1 Å². The Morgan fingerprint density at radius 1 is 0.821 bits per heavy atom. The average molecular weight is 391 g/mol. The molecule has 4 aromatic rings. The molecule has 1 aromatic heterocycles. The third-order valence-corrected chi connectivity index (χ3v) is 6.08. The molecule has 142 valence electrons.